The van der Waals surface area contributed by atoms with Crippen LogP contribution in [0, 0.1) is 6.33 Å². The summed E-state index contributed by atoms with van der Waals surface area (Å²) in [5, 5.41) is 0. The van der Waals surface area contributed by atoms with Gasteiger partial charge >= 0.3 is 7.12 Å². The van der Waals surface area contributed by atoms with Gasteiger partial charge in [-0.3, -0.25) is 9.13 Å². The average Bonchev–Trinajstić information content (AvgIpc) is 4.21. The maximum atomic E-state index is 9.07. The van der Waals surface area contributed by atoms with Crippen LogP contribution in [0.3, 0.4) is 0 Å². The van der Waals surface area contributed by atoms with Crippen LogP contribution in [0.1, 0.15) is 13.7 Å². The van der Waals surface area contributed by atoms with Crippen LogP contribution in [0.25, 0.3) is 55.8 Å². The van der Waals surface area contributed by atoms with E-state index in [-0.39, 0.29) is 27.9 Å². The summed E-state index contributed by atoms with van der Waals surface area (Å²) in [5.74, 6) is 1.81. The van der Waals surface area contributed by atoms with E-state index < -0.39 is 67.5 Å². The van der Waals surface area contributed by atoms with Crippen molar-refractivity contribution in [1.29, 1.82) is 0 Å². The second-order valence-electron chi connectivity index (χ2n) is 16.2. The molecule has 320 valence electrons. The number of pyridine rings is 1. The molecule has 0 N–H and O–H groups in total. The molecule has 2 aliphatic rings. The molecule has 11 aromatic rings. The van der Waals surface area contributed by atoms with Crippen molar-refractivity contribution in [1.82, 2.24) is 9.55 Å². The molecular weight excluding hydrogens is 832 g/mol. The van der Waals surface area contributed by atoms with E-state index in [1.807, 2.05) is 97.2 Å². The number of fused-ring (bicyclic) bond motifs is 8. The van der Waals surface area contributed by atoms with Crippen molar-refractivity contribution in [2.24, 2.45) is 0 Å². The van der Waals surface area contributed by atoms with Gasteiger partial charge in [0.2, 0.25) is 0 Å². The molecule has 4 heterocycles. The van der Waals surface area contributed by atoms with E-state index in [2.05, 4.69) is 93.6 Å². The molecule has 2 aromatic heterocycles. The summed E-state index contributed by atoms with van der Waals surface area (Å²) in [6.07, 6.45) is 5.27. The van der Waals surface area contributed by atoms with Gasteiger partial charge in [-0.15, -0.1) is 0 Å². The molecule has 0 spiro atoms. The summed E-state index contributed by atoms with van der Waals surface area (Å²) < 4.78 is 97.7. The summed E-state index contributed by atoms with van der Waals surface area (Å²) in [5.41, 5.74) is 9.03. The lowest BCUT2D eigenvalue weighted by atomic mass is 9.83. The average molecular weight is 883 g/mol. The second kappa shape index (κ2) is 16.4. The summed E-state index contributed by atoms with van der Waals surface area (Å²) in [4.78, 5) is 12.0. The van der Waals surface area contributed by atoms with Crippen molar-refractivity contribution in [2.45, 2.75) is 0 Å². The maximum absolute atomic E-state index is 9.07. The Hall–Kier alpha value is -9.14. The molecule has 0 aliphatic carbocycles. The van der Waals surface area contributed by atoms with E-state index in [0.29, 0.717) is 28.2 Å². The van der Waals surface area contributed by atoms with Crippen LogP contribution in [0.2, 0.25) is 0 Å². The summed E-state index contributed by atoms with van der Waals surface area (Å²) >= 11 is 0. The molecule has 0 saturated carbocycles. The molecule has 0 unspecified atom stereocenters. The van der Waals surface area contributed by atoms with Gasteiger partial charge in [-0.1, -0.05) is 170 Å². The molecule has 0 radical (unpaired) electrons. The molecule has 68 heavy (non-hydrogen) atoms. The Morgan fingerprint density at radius 1 is 0.471 bits per heavy atom. The largest absolute Gasteiger partial charge is 0.520 e. The van der Waals surface area contributed by atoms with Crippen LogP contribution in [0.4, 0.5) is 34.3 Å². The molecule has 9 aromatic carbocycles. The van der Waals surface area contributed by atoms with Gasteiger partial charge in [-0.2, -0.15) is 0 Å². The van der Waals surface area contributed by atoms with E-state index in [1.165, 1.54) is 0 Å². The van der Waals surface area contributed by atoms with Gasteiger partial charge in [0.15, 0.2) is 0 Å². The van der Waals surface area contributed by atoms with Crippen molar-refractivity contribution < 1.29 is 23.0 Å². The first-order valence-corrected chi connectivity index (χ1v) is 22.1. The molecule has 0 saturated heterocycles. The Morgan fingerprint density at radius 3 is 1.72 bits per heavy atom. The van der Waals surface area contributed by atoms with Crippen LogP contribution >= 0.6 is 0 Å². The highest BCUT2D eigenvalue weighted by Gasteiger charge is 2.51. The molecule has 13 rings (SSSR count). The monoisotopic (exact) mass is 882 g/mol. The number of hydrogen-bond acceptors (Lipinski definition) is 5. The zero-order valence-electron chi connectivity index (χ0n) is 46.1. The van der Waals surface area contributed by atoms with Gasteiger partial charge in [0.25, 0.3) is 6.33 Å². The Bertz CT molecular complexity index is 4120. The fourth-order valence-corrected chi connectivity index (χ4v) is 9.55. The maximum Gasteiger partial charge on any atom is 0.520 e. The highest BCUT2D eigenvalue weighted by Crippen LogP contribution is 2.54. The highest BCUT2D eigenvalue weighted by atomic mass is 16.5. The topological polar surface area (TPSA) is 40.7 Å². The standard InChI is InChI=1S/C60H41BN6O/c1-4-20-43(21-5-1)50-32-18-33-51(44-22-6-2-7-23-44)59(50)64-42-63(56-36-14-15-37-57(56)64)46-26-16-28-48(40-46)68-49-29-17-27-47(41-49)66-60-58(38-19-39-62-60)67-55-35-13-11-31-53(55)52-30-10-12-34-54(52)65(61(66)67)45-24-8-3-9-25-45/h1-41H/i1D,2D,4D,5D,6D,7D,20D,21D,22D,23D. The zero-order valence-corrected chi connectivity index (χ0v) is 36.1. The number of ether oxygens (including phenoxy) is 1. The van der Waals surface area contributed by atoms with Gasteiger partial charge in [0.1, 0.15) is 17.3 Å². The Balaban J connectivity index is 0.941. The molecule has 0 fully saturated rings. The minimum Gasteiger partial charge on any atom is -0.458 e. The minimum atomic E-state index is -0.571. The van der Waals surface area contributed by atoms with Crippen molar-refractivity contribution in [2.75, 3.05) is 14.4 Å². The van der Waals surface area contributed by atoms with Crippen LogP contribution in [-0.2, 0) is 0 Å². The van der Waals surface area contributed by atoms with Crippen LogP contribution in [0.15, 0.2) is 249 Å². The minimum absolute atomic E-state index is 0.136. The summed E-state index contributed by atoms with van der Waals surface area (Å²) in [7, 11) is -0.448. The van der Waals surface area contributed by atoms with Crippen molar-refractivity contribution in [3.63, 3.8) is 0 Å². The predicted octanol–water partition coefficient (Wildman–Crippen LogP) is 14.3. The normalized spacial score (nSPS) is 14.6. The molecular formula is C60H41BN6O. The number of aromatic nitrogens is 3. The lowest BCUT2D eigenvalue weighted by Crippen LogP contribution is -2.55. The number of hydrogen-bond donors (Lipinski definition) is 0. The first kappa shape index (κ1) is 30.1. The van der Waals surface area contributed by atoms with Gasteiger partial charge < -0.3 is 19.2 Å². The number of nitrogens with zero attached hydrogens (tertiary/aromatic N) is 6. The van der Waals surface area contributed by atoms with E-state index in [4.69, 9.17) is 23.4 Å². The predicted molar refractivity (Wildman–Crippen MR) is 276 cm³/mol. The lowest BCUT2D eigenvalue weighted by Gasteiger charge is -2.37. The molecule has 0 amide bonds. The zero-order chi connectivity index (χ0) is 53.7. The first-order valence-electron chi connectivity index (χ1n) is 27.1. The summed E-state index contributed by atoms with van der Waals surface area (Å²) in [6.45, 7) is 0. The van der Waals surface area contributed by atoms with Gasteiger partial charge in [-0.05, 0) is 89.0 Å². The van der Waals surface area contributed by atoms with Gasteiger partial charge in [0.05, 0.1) is 41.8 Å². The number of imidazole rings is 1. The quantitative estimate of drug-likeness (QED) is 0.0864. The molecule has 7 nitrogen and oxygen atoms in total. The third-order valence-electron chi connectivity index (χ3n) is 12.4. The number of benzene rings is 9. The van der Waals surface area contributed by atoms with Crippen LogP contribution < -0.4 is 23.7 Å². The van der Waals surface area contributed by atoms with Crippen LogP contribution in [0.5, 0.6) is 11.5 Å². The molecule has 0 atom stereocenters. The number of rotatable bonds is 8. The Morgan fingerprint density at radius 2 is 1.01 bits per heavy atom. The SMILES string of the molecule is [2H]c1c([2H])c([2H])c(-c2cccc(-c3c([2H])c([2H])c([2H])c([2H])c3[2H])c2-[n+]2[c-]n(-c3cccc(Oc4cccc(N5B6N(c7ccccc7)c7ccccc7-c7ccccc7N6c6cccnc65)c4)c3)c3ccccc32)c([2H])c1[2H]. The fourth-order valence-electron chi connectivity index (χ4n) is 9.55. The van der Waals surface area contributed by atoms with E-state index in [9.17, 15) is 0 Å². The third-order valence-corrected chi connectivity index (χ3v) is 12.4. The molecule has 8 heteroatoms. The van der Waals surface area contributed by atoms with Crippen molar-refractivity contribution in [3.05, 3.63) is 255 Å². The smallest absolute Gasteiger partial charge is 0.458 e. The van der Waals surface area contributed by atoms with Gasteiger partial charge in [-0.25, -0.2) is 4.98 Å². The second-order valence-corrected chi connectivity index (χ2v) is 16.2. The van der Waals surface area contributed by atoms with Crippen LogP contribution in [-0.4, -0.2) is 16.7 Å². The molecule has 0 bridgehead atoms. The third kappa shape index (κ3) is 6.53. The van der Waals surface area contributed by atoms with E-state index in [0.717, 1.165) is 45.4 Å². The first-order chi connectivity index (χ1) is 37.9. The number of para-hydroxylation sites is 6. The molecule has 2 aliphatic heterocycles. The summed E-state index contributed by atoms with van der Waals surface area (Å²) in [6, 6.07) is 53.7. The van der Waals surface area contributed by atoms with Crippen molar-refractivity contribution >= 4 is 52.4 Å². The van der Waals surface area contributed by atoms with Crippen molar-refractivity contribution in [3.8, 4) is 56.3 Å². The Labute approximate surface area is 409 Å². The van der Waals surface area contributed by atoms with E-state index >= 15 is 0 Å². The Kier molecular flexibility index (Phi) is 7.26. The van der Waals surface area contributed by atoms with Gasteiger partial charge in [0, 0.05) is 46.1 Å². The highest BCUT2D eigenvalue weighted by molar-refractivity contribution is 6.78. The lowest BCUT2D eigenvalue weighted by molar-refractivity contribution is -0.571. The number of anilines is 6. The fraction of sp³-hybridized carbons (Fsp3) is 0. The van der Waals surface area contributed by atoms with E-state index in [1.54, 1.807) is 27.3 Å².